The van der Waals surface area contributed by atoms with Crippen LogP contribution in [0, 0.1) is 13.8 Å². The number of benzene rings is 1. The molecule has 106 valence electrons. The molecular formula is C17H27NO. The summed E-state index contributed by atoms with van der Waals surface area (Å²) >= 11 is 0. The lowest BCUT2D eigenvalue weighted by atomic mass is 10.1. The second-order valence-corrected chi connectivity index (χ2v) is 5.31. The Bertz CT molecular complexity index is 398. The molecule has 1 N–H and O–H groups in total. The van der Waals surface area contributed by atoms with Crippen LogP contribution in [0.5, 0.6) is 0 Å². The first-order chi connectivity index (χ1) is 9.15. The fraction of sp³-hybridized carbons (Fsp3) is 0.588. The third kappa shape index (κ3) is 5.91. The van der Waals surface area contributed by atoms with E-state index in [0.717, 1.165) is 12.1 Å². The van der Waals surface area contributed by atoms with Crippen LogP contribution in [0.3, 0.4) is 0 Å². The molecule has 1 aromatic rings. The molecule has 0 aromatic heterocycles. The van der Waals surface area contributed by atoms with Crippen molar-refractivity contribution in [2.45, 2.75) is 65.7 Å². The average molecular weight is 261 g/mol. The average Bonchev–Trinajstić information content (AvgIpc) is 2.39. The highest BCUT2D eigenvalue weighted by molar-refractivity contribution is 5.91. The van der Waals surface area contributed by atoms with Gasteiger partial charge in [0.1, 0.15) is 0 Å². The summed E-state index contributed by atoms with van der Waals surface area (Å²) in [6.45, 7) is 6.34. The zero-order valence-corrected chi connectivity index (χ0v) is 12.6. The van der Waals surface area contributed by atoms with E-state index in [1.165, 1.54) is 43.2 Å². The third-order valence-corrected chi connectivity index (χ3v) is 3.64. The maximum atomic E-state index is 11.9. The van der Waals surface area contributed by atoms with Gasteiger partial charge in [-0.2, -0.15) is 0 Å². The van der Waals surface area contributed by atoms with Gasteiger partial charge in [0.2, 0.25) is 5.91 Å². The van der Waals surface area contributed by atoms with Gasteiger partial charge in [0.05, 0.1) is 0 Å². The number of carbonyl (C=O) groups excluding carboxylic acids is 1. The summed E-state index contributed by atoms with van der Waals surface area (Å²) < 4.78 is 0. The number of hydrogen-bond donors (Lipinski definition) is 1. The quantitative estimate of drug-likeness (QED) is 0.656. The number of rotatable bonds is 8. The maximum Gasteiger partial charge on any atom is 0.224 e. The highest BCUT2D eigenvalue weighted by Gasteiger charge is 2.05. The van der Waals surface area contributed by atoms with Gasteiger partial charge in [-0.05, 0) is 37.5 Å². The first-order valence-electron chi connectivity index (χ1n) is 7.51. The molecule has 19 heavy (non-hydrogen) atoms. The van der Waals surface area contributed by atoms with Crippen LogP contribution in [0.1, 0.15) is 63.0 Å². The number of unbranched alkanes of at least 4 members (excludes halogenated alkanes) is 5. The van der Waals surface area contributed by atoms with E-state index in [2.05, 4.69) is 32.2 Å². The van der Waals surface area contributed by atoms with Crippen molar-refractivity contribution in [2.75, 3.05) is 5.32 Å². The summed E-state index contributed by atoms with van der Waals surface area (Å²) in [6.07, 6.45) is 7.95. The molecule has 0 aliphatic heterocycles. The predicted molar refractivity (Wildman–Crippen MR) is 82.5 cm³/mol. The van der Waals surface area contributed by atoms with Crippen molar-refractivity contribution in [2.24, 2.45) is 0 Å². The lowest BCUT2D eigenvalue weighted by Gasteiger charge is -2.10. The third-order valence-electron chi connectivity index (χ3n) is 3.64. The highest BCUT2D eigenvalue weighted by Crippen LogP contribution is 2.18. The van der Waals surface area contributed by atoms with Gasteiger partial charge in [-0.1, -0.05) is 51.2 Å². The fourth-order valence-electron chi connectivity index (χ4n) is 2.17. The Hall–Kier alpha value is -1.31. The first-order valence-corrected chi connectivity index (χ1v) is 7.51. The van der Waals surface area contributed by atoms with E-state index in [9.17, 15) is 4.79 Å². The standard InChI is InChI=1S/C17H27NO/c1-4-5-6-7-8-9-13-17(19)18-16-12-10-11-14(2)15(16)3/h10-12H,4-9,13H2,1-3H3,(H,18,19). The van der Waals surface area contributed by atoms with E-state index in [1.54, 1.807) is 0 Å². The van der Waals surface area contributed by atoms with E-state index in [-0.39, 0.29) is 5.91 Å². The Morgan fingerprint density at radius 2 is 1.74 bits per heavy atom. The molecule has 0 unspecified atom stereocenters. The van der Waals surface area contributed by atoms with Crippen LogP contribution in [-0.2, 0) is 4.79 Å². The van der Waals surface area contributed by atoms with Gasteiger partial charge in [-0.25, -0.2) is 0 Å². The molecule has 0 heterocycles. The Morgan fingerprint density at radius 1 is 1.05 bits per heavy atom. The van der Waals surface area contributed by atoms with Crippen LogP contribution in [0.15, 0.2) is 18.2 Å². The Balaban J connectivity index is 2.26. The highest BCUT2D eigenvalue weighted by atomic mass is 16.1. The Labute approximate surface area is 117 Å². The Kier molecular flexibility index (Phi) is 7.24. The van der Waals surface area contributed by atoms with Gasteiger partial charge in [0.25, 0.3) is 0 Å². The molecular weight excluding hydrogens is 234 g/mol. The lowest BCUT2D eigenvalue weighted by Crippen LogP contribution is -2.12. The molecule has 2 nitrogen and oxygen atoms in total. The molecule has 0 aliphatic rings. The fourth-order valence-corrected chi connectivity index (χ4v) is 2.17. The molecule has 0 spiro atoms. The van der Waals surface area contributed by atoms with Crippen molar-refractivity contribution < 1.29 is 4.79 Å². The molecule has 1 amide bonds. The van der Waals surface area contributed by atoms with E-state index >= 15 is 0 Å². The van der Waals surface area contributed by atoms with Crippen molar-refractivity contribution >= 4 is 11.6 Å². The maximum absolute atomic E-state index is 11.9. The topological polar surface area (TPSA) is 29.1 Å². The summed E-state index contributed by atoms with van der Waals surface area (Å²) in [5.74, 6) is 0.143. The molecule has 0 saturated carbocycles. The van der Waals surface area contributed by atoms with Crippen LogP contribution in [0.2, 0.25) is 0 Å². The Morgan fingerprint density at radius 3 is 2.47 bits per heavy atom. The molecule has 0 fully saturated rings. The summed E-state index contributed by atoms with van der Waals surface area (Å²) in [4.78, 5) is 11.9. The van der Waals surface area contributed by atoms with Crippen molar-refractivity contribution in [3.8, 4) is 0 Å². The van der Waals surface area contributed by atoms with Gasteiger partial charge in [0, 0.05) is 12.1 Å². The van der Waals surface area contributed by atoms with Crippen molar-refractivity contribution in [1.29, 1.82) is 0 Å². The molecule has 1 aromatic carbocycles. The molecule has 1 rings (SSSR count). The van der Waals surface area contributed by atoms with Crippen LogP contribution in [-0.4, -0.2) is 5.91 Å². The minimum atomic E-state index is 0.143. The molecule has 0 saturated heterocycles. The number of anilines is 1. The molecule has 0 radical (unpaired) electrons. The monoisotopic (exact) mass is 261 g/mol. The first kappa shape index (κ1) is 15.7. The second kappa shape index (κ2) is 8.73. The van der Waals surface area contributed by atoms with E-state index < -0.39 is 0 Å². The zero-order valence-electron chi connectivity index (χ0n) is 12.6. The number of amides is 1. The molecule has 2 heteroatoms. The van der Waals surface area contributed by atoms with Crippen molar-refractivity contribution in [3.63, 3.8) is 0 Å². The molecule has 0 bridgehead atoms. The van der Waals surface area contributed by atoms with Gasteiger partial charge in [-0.3, -0.25) is 4.79 Å². The summed E-state index contributed by atoms with van der Waals surface area (Å²) in [6, 6.07) is 6.03. The minimum Gasteiger partial charge on any atom is -0.326 e. The summed E-state index contributed by atoms with van der Waals surface area (Å²) in [7, 11) is 0. The second-order valence-electron chi connectivity index (χ2n) is 5.31. The van der Waals surface area contributed by atoms with E-state index in [0.29, 0.717) is 6.42 Å². The van der Waals surface area contributed by atoms with Crippen LogP contribution >= 0.6 is 0 Å². The van der Waals surface area contributed by atoms with Gasteiger partial charge < -0.3 is 5.32 Å². The van der Waals surface area contributed by atoms with Gasteiger partial charge in [0.15, 0.2) is 0 Å². The largest absolute Gasteiger partial charge is 0.326 e. The lowest BCUT2D eigenvalue weighted by molar-refractivity contribution is -0.116. The van der Waals surface area contributed by atoms with Crippen LogP contribution < -0.4 is 5.32 Å². The summed E-state index contributed by atoms with van der Waals surface area (Å²) in [5, 5.41) is 3.01. The molecule has 0 atom stereocenters. The van der Waals surface area contributed by atoms with E-state index in [4.69, 9.17) is 0 Å². The molecule has 0 aliphatic carbocycles. The SMILES string of the molecule is CCCCCCCCC(=O)Nc1cccc(C)c1C. The van der Waals surface area contributed by atoms with Crippen LogP contribution in [0.25, 0.3) is 0 Å². The smallest absolute Gasteiger partial charge is 0.224 e. The van der Waals surface area contributed by atoms with Crippen LogP contribution in [0.4, 0.5) is 5.69 Å². The van der Waals surface area contributed by atoms with Crippen molar-refractivity contribution in [3.05, 3.63) is 29.3 Å². The number of carbonyl (C=O) groups is 1. The van der Waals surface area contributed by atoms with Gasteiger partial charge >= 0.3 is 0 Å². The minimum absolute atomic E-state index is 0.143. The normalized spacial score (nSPS) is 10.5. The predicted octanol–water partition coefficient (Wildman–Crippen LogP) is 4.99. The van der Waals surface area contributed by atoms with E-state index in [1.807, 2.05) is 12.1 Å². The number of aryl methyl sites for hydroxylation is 1. The van der Waals surface area contributed by atoms with Gasteiger partial charge in [-0.15, -0.1) is 0 Å². The van der Waals surface area contributed by atoms with Crippen molar-refractivity contribution in [1.82, 2.24) is 0 Å². The zero-order chi connectivity index (χ0) is 14.1. The number of hydrogen-bond acceptors (Lipinski definition) is 1. The summed E-state index contributed by atoms with van der Waals surface area (Å²) in [5.41, 5.74) is 3.34. The number of nitrogens with one attached hydrogen (secondary N) is 1.